The molecular weight excluding hydrogens is 442 g/mol. The van der Waals surface area contributed by atoms with Crippen molar-refractivity contribution < 1.29 is 19.2 Å². The predicted octanol–water partition coefficient (Wildman–Crippen LogP) is 5.32. The molecule has 1 aliphatic rings. The van der Waals surface area contributed by atoms with Crippen molar-refractivity contribution >= 4 is 34.8 Å². The standard InChI is InChI=1S/C28H27N3O4/c1-4-13-31-26(29-22-9-5-7-19(14-22)17(2)32)24-12-11-21(16-25(24)28(31)35)27(34)30-23-10-6-8-20(15-23)18(3)33/h5-12,14-16,26,29H,4,13H2,1-3H3,(H,30,34)/t26-/m1/s1. The van der Waals surface area contributed by atoms with Crippen molar-refractivity contribution in [2.45, 2.75) is 33.4 Å². The van der Waals surface area contributed by atoms with Crippen molar-refractivity contribution in [1.29, 1.82) is 0 Å². The Morgan fingerprint density at radius 2 is 1.46 bits per heavy atom. The van der Waals surface area contributed by atoms with E-state index in [9.17, 15) is 19.2 Å². The van der Waals surface area contributed by atoms with E-state index in [1.54, 1.807) is 65.6 Å². The average Bonchev–Trinajstić information content (AvgIpc) is 3.10. The van der Waals surface area contributed by atoms with Gasteiger partial charge in [-0.1, -0.05) is 37.3 Å². The van der Waals surface area contributed by atoms with Gasteiger partial charge in [0.2, 0.25) is 0 Å². The maximum absolute atomic E-state index is 13.3. The van der Waals surface area contributed by atoms with Crippen LogP contribution >= 0.6 is 0 Å². The van der Waals surface area contributed by atoms with Crippen molar-refractivity contribution in [2.24, 2.45) is 0 Å². The first-order valence-electron chi connectivity index (χ1n) is 11.5. The smallest absolute Gasteiger partial charge is 0.256 e. The first-order valence-corrected chi connectivity index (χ1v) is 11.5. The van der Waals surface area contributed by atoms with Crippen LogP contribution in [-0.4, -0.2) is 34.8 Å². The van der Waals surface area contributed by atoms with E-state index in [1.165, 1.54) is 13.8 Å². The minimum absolute atomic E-state index is 0.0357. The highest BCUT2D eigenvalue weighted by Crippen LogP contribution is 2.35. The third-order valence-corrected chi connectivity index (χ3v) is 5.98. The second-order valence-corrected chi connectivity index (χ2v) is 8.58. The normalized spacial score (nSPS) is 14.4. The van der Waals surface area contributed by atoms with Crippen LogP contribution in [0.25, 0.3) is 0 Å². The molecule has 0 unspecified atom stereocenters. The van der Waals surface area contributed by atoms with Gasteiger partial charge in [0.05, 0.1) is 0 Å². The van der Waals surface area contributed by atoms with Gasteiger partial charge in [-0.25, -0.2) is 0 Å². The number of Topliss-reactive ketones (excluding diaryl/α,β-unsaturated/α-hetero) is 2. The summed E-state index contributed by atoms with van der Waals surface area (Å²) in [5.41, 5.74) is 3.91. The zero-order valence-corrected chi connectivity index (χ0v) is 19.9. The van der Waals surface area contributed by atoms with Gasteiger partial charge in [0.15, 0.2) is 11.6 Å². The predicted molar refractivity (Wildman–Crippen MR) is 135 cm³/mol. The molecule has 2 amide bonds. The Morgan fingerprint density at radius 1 is 0.829 bits per heavy atom. The minimum atomic E-state index is -0.413. The van der Waals surface area contributed by atoms with Gasteiger partial charge in [0.25, 0.3) is 11.8 Å². The molecule has 35 heavy (non-hydrogen) atoms. The molecule has 1 heterocycles. The Morgan fingerprint density at radius 3 is 2.09 bits per heavy atom. The molecule has 7 nitrogen and oxygen atoms in total. The quantitative estimate of drug-likeness (QED) is 0.435. The molecule has 0 fully saturated rings. The zero-order chi connectivity index (χ0) is 25.1. The summed E-state index contributed by atoms with van der Waals surface area (Å²) in [5, 5.41) is 6.18. The molecule has 1 aliphatic heterocycles. The molecule has 1 atom stereocenters. The SMILES string of the molecule is CCCN1C(=O)c2cc(C(=O)Nc3cccc(C(C)=O)c3)ccc2[C@@H]1Nc1cccc(C(C)=O)c1. The fourth-order valence-corrected chi connectivity index (χ4v) is 4.19. The van der Waals surface area contributed by atoms with E-state index in [1.807, 2.05) is 13.0 Å². The fourth-order valence-electron chi connectivity index (χ4n) is 4.19. The molecule has 3 aromatic rings. The van der Waals surface area contributed by atoms with E-state index in [-0.39, 0.29) is 23.4 Å². The highest BCUT2D eigenvalue weighted by atomic mass is 16.2. The number of benzene rings is 3. The van der Waals surface area contributed by atoms with E-state index in [2.05, 4.69) is 10.6 Å². The van der Waals surface area contributed by atoms with Gasteiger partial charge in [-0.05, 0) is 56.7 Å². The van der Waals surface area contributed by atoms with Crippen molar-refractivity contribution in [3.05, 3.63) is 94.5 Å². The van der Waals surface area contributed by atoms with Gasteiger partial charge < -0.3 is 15.5 Å². The van der Waals surface area contributed by atoms with Crippen molar-refractivity contribution in [1.82, 2.24) is 4.90 Å². The highest BCUT2D eigenvalue weighted by molar-refractivity contribution is 6.08. The van der Waals surface area contributed by atoms with Gasteiger partial charge in [-0.15, -0.1) is 0 Å². The molecule has 0 aliphatic carbocycles. The lowest BCUT2D eigenvalue weighted by Gasteiger charge is -2.27. The van der Waals surface area contributed by atoms with Crippen LogP contribution in [0.2, 0.25) is 0 Å². The van der Waals surface area contributed by atoms with Crippen LogP contribution in [0.15, 0.2) is 66.7 Å². The van der Waals surface area contributed by atoms with Gasteiger partial charge in [-0.3, -0.25) is 19.2 Å². The largest absolute Gasteiger partial charge is 0.361 e. The lowest BCUT2D eigenvalue weighted by molar-refractivity contribution is 0.0742. The number of nitrogens with zero attached hydrogens (tertiary/aromatic N) is 1. The lowest BCUT2D eigenvalue weighted by Crippen LogP contribution is -2.33. The number of rotatable bonds is 8. The Bertz CT molecular complexity index is 1330. The number of carbonyl (C=O) groups excluding carboxylic acids is 4. The van der Waals surface area contributed by atoms with Crippen molar-refractivity contribution in [3.63, 3.8) is 0 Å². The topological polar surface area (TPSA) is 95.6 Å². The first-order chi connectivity index (χ1) is 16.8. The Labute approximate surface area is 204 Å². The Balaban J connectivity index is 1.62. The molecule has 0 radical (unpaired) electrons. The van der Waals surface area contributed by atoms with Crippen LogP contribution in [0.3, 0.4) is 0 Å². The molecule has 2 N–H and O–H groups in total. The van der Waals surface area contributed by atoms with Gasteiger partial charge in [0.1, 0.15) is 6.17 Å². The van der Waals surface area contributed by atoms with Crippen LogP contribution in [0, 0.1) is 0 Å². The van der Waals surface area contributed by atoms with E-state index in [0.717, 1.165) is 17.7 Å². The van der Waals surface area contributed by atoms with Crippen LogP contribution < -0.4 is 10.6 Å². The number of hydrogen-bond acceptors (Lipinski definition) is 5. The highest BCUT2D eigenvalue weighted by Gasteiger charge is 2.36. The fraction of sp³-hybridized carbons (Fsp3) is 0.214. The summed E-state index contributed by atoms with van der Waals surface area (Å²) >= 11 is 0. The molecule has 7 heteroatoms. The minimum Gasteiger partial charge on any atom is -0.361 e. The maximum atomic E-state index is 13.3. The number of anilines is 2. The summed E-state index contributed by atoms with van der Waals surface area (Å²) in [5.74, 6) is -0.650. The number of carbonyl (C=O) groups is 4. The second kappa shape index (κ2) is 9.93. The molecule has 0 bridgehead atoms. The van der Waals surface area contributed by atoms with E-state index >= 15 is 0 Å². The van der Waals surface area contributed by atoms with Crippen molar-refractivity contribution in [3.8, 4) is 0 Å². The first kappa shape index (κ1) is 23.9. The van der Waals surface area contributed by atoms with Crippen molar-refractivity contribution in [2.75, 3.05) is 17.2 Å². The van der Waals surface area contributed by atoms with E-state index in [0.29, 0.717) is 34.5 Å². The summed E-state index contributed by atoms with van der Waals surface area (Å²) < 4.78 is 0. The molecule has 0 aromatic heterocycles. The van der Waals surface area contributed by atoms with Gasteiger partial charge in [0, 0.05) is 45.7 Å². The van der Waals surface area contributed by atoms with Gasteiger partial charge >= 0.3 is 0 Å². The summed E-state index contributed by atoms with van der Waals surface area (Å²) in [4.78, 5) is 51.4. The molecule has 0 spiro atoms. The third-order valence-electron chi connectivity index (χ3n) is 5.98. The molecule has 0 saturated carbocycles. The van der Waals surface area contributed by atoms with Gasteiger partial charge in [-0.2, -0.15) is 0 Å². The average molecular weight is 470 g/mol. The summed E-state index contributed by atoms with van der Waals surface area (Å²) in [6.45, 7) is 5.52. The van der Waals surface area contributed by atoms with Crippen LogP contribution in [0.5, 0.6) is 0 Å². The van der Waals surface area contributed by atoms with E-state index < -0.39 is 6.17 Å². The summed E-state index contributed by atoms with van der Waals surface area (Å²) in [6.07, 6.45) is 0.356. The van der Waals surface area contributed by atoms with Crippen LogP contribution in [0.1, 0.15) is 80.4 Å². The zero-order valence-electron chi connectivity index (χ0n) is 19.9. The lowest BCUT2D eigenvalue weighted by atomic mass is 10.0. The van der Waals surface area contributed by atoms with Crippen LogP contribution in [-0.2, 0) is 0 Å². The molecular formula is C28H27N3O4. The van der Waals surface area contributed by atoms with Crippen LogP contribution in [0.4, 0.5) is 11.4 Å². The summed E-state index contributed by atoms with van der Waals surface area (Å²) in [7, 11) is 0. The molecule has 3 aromatic carbocycles. The maximum Gasteiger partial charge on any atom is 0.256 e. The summed E-state index contributed by atoms with van der Waals surface area (Å²) in [6, 6.07) is 19.0. The number of amides is 2. The molecule has 4 rings (SSSR count). The number of hydrogen-bond donors (Lipinski definition) is 2. The Kier molecular flexibility index (Phi) is 6.78. The number of fused-ring (bicyclic) bond motifs is 1. The van der Waals surface area contributed by atoms with E-state index in [4.69, 9.17) is 0 Å². The Hall–Kier alpha value is -4.26. The molecule has 0 saturated heterocycles. The molecule has 178 valence electrons. The monoisotopic (exact) mass is 469 g/mol. The second-order valence-electron chi connectivity index (χ2n) is 8.58. The number of ketones is 2. The number of nitrogens with one attached hydrogen (secondary N) is 2. The third kappa shape index (κ3) is 4.99.